The molecule has 0 aliphatic carbocycles. The molecular formula is C27H41N5O5. The maximum absolute atomic E-state index is 13.3. The Bertz CT molecular complexity index is 924. The number of aliphatic imine (C=N–C) groups is 1. The van der Waals surface area contributed by atoms with Crippen molar-refractivity contribution in [3.63, 3.8) is 0 Å². The summed E-state index contributed by atoms with van der Waals surface area (Å²) in [5.41, 5.74) is 11.5. The van der Waals surface area contributed by atoms with Crippen molar-refractivity contribution in [1.82, 2.24) is 10.6 Å². The van der Waals surface area contributed by atoms with E-state index >= 15 is 0 Å². The number of amides is 2. The van der Waals surface area contributed by atoms with Crippen molar-refractivity contribution in [2.45, 2.75) is 70.9 Å². The van der Waals surface area contributed by atoms with E-state index in [0.29, 0.717) is 19.4 Å². The Balaban J connectivity index is 2.98. The van der Waals surface area contributed by atoms with Crippen molar-refractivity contribution in [3.05, 3.63) is 54.1 Å². The summed E-state index contributed by atoms with van der Waals surface area (Å²) in [5.74, 6) is -1.23. The van der Waals surface area contributed by atoms with Gasteiger partial charge in [-0.05, 0) is 56.4 Å². The van der Waals surface area contributed by atoms with Gasteiger partial charge in [-0.25, -0.2) is 4.79 Å². The summed E-state index contributed by atoms with van der Waals surface area (Å²) >= 11 is 0. The van der Waals surface area contributed by atoms with Crippen molar-refractivity contribution in [2.24, 2.45) is 16.5 Å². The molecule has 1 aromatic rings. The number of ether oxygens (including phenoxy) is 1. The first-order valence-corrected chi connectivity index (χ1v) is 12.7. The number of unbranched alkanes of at least 4 members (excludes halogenated alkanes) is 3. The third kappa shape index (κ3) is 15.0. The van der Waals surface area contributed by atoms with Crippen LogP contribution in [0.5, 0.6) is 5.75 Å². The van der Waals surface area contributed by atoms with Crippen molar-refractivity contribution in [1.29, 1.82) is 0 Å². The van der Waals surface area contributed by atoms with Gasteiger partial charge in [0.1, 0.15) is 11.8 Å². The maximum atomic E-state index is 13.3. The lowest BCUT2D eigenvalue weighted by atomic mass is 10.0. The molecule has 2 amide bonds. The predicted molar refractivity (Wildman–Crippen MR) is 145 cm³/mol. The number of hydrogen-bond acceptors (Lipinski definition) is 6. The minimum Gasteiger partial charge on any atom is -0.508 e. The summed E-state index contributed by atoms with van der Waals surface area (Å²) in [7, 11) is 0. The first kappa shape index (κ1) is 31.2. The third-order valence-electron chi connectivity index (χ3n) is 5.30. The molecule has 2 atom stereocenters. The second kappa shape index (κ2) is 18.4. The van der Waals surface area contributed by atoms with Gasteiger partial charge in [0.15, 0.2) is 5.96 Å². The fourth-order valence-electron chi connectivity index (χ4n) is 3.40. The van der Waals surface area contributed by atoms with Crippen LogP contribution in [0.3, 0.4) is 0 Å². The highest BCUT2D eigenvalue weighted by molar-refractivity contribution is 5.93. The minimum atomic E-state index is -0.881. The van der Waals surface area contributed by atoms with E-state index in [1.54, 1.807) is 31.2 Å². The van der Waals surface area contributed by atoms with Crippen molar-refractivity contribution in [3.8, 4) is 5.75 Å². The lowest BCUT2D eigenvalue weighted by Crippen LogP contribution is -2.50. The quantitative estimate of drug-likeness (QED) is 0.0696. The maximum Gasteiger partial charge on any atom is 0.330 e. The second-order valence-corrected chi connectivity index (χ2v) is 8.50. The fraction of sp³-hybridized carbons (Fsp3) is 0.481. The summed E-state index contributed by atoms with van der Waals surface area (Å²) < 4.78 is 4.93. The average molecular weight is 516 g/mol. The van der Waals surface area contributed by atoms with Crippen molar-refractivity contribution in [2.75, 3.05) is 13.2 Å². The third-order valence-corrected chi connectivity index (χ3v) is 5.30. The van der Waals surface area contributed by atoms with Crippen LogP contribution in [0.1, 0.15) is 57.9 Å². The van der Waals surface area contributed by atoms with Crippen LogP contribution in [0.4, 0.5) is 0 Å². The zero-order chi connectivity index (χ0) is 27.5. The first-order chi connectivity index (χ1) is 17.7. The number of carbonyl (C=O) groups is 3. The minimum absolute atomic E-state index is 0.0259. The molecule has 7 N–H and O–H groups in total. The van der Waals surface area contributed by atoms with Crippen LogP contribution in [0, 0.1) is 0 Å². The Hall–Kier alpha value is -3.82. The zero-order valence-corrected chi connectivity index (χ0v) is 21.8. The highest BCUT2D eigenvalue weighted by Gasteiger charge is 2.22. The number of phenolic OH excluding ortho intramolecular Hbond substituents is 1. The summed E-state index contributed by atoms with van der Waals surface area (Å²) in [4.78, 5) is 41.6. The topological polar surface area (TPSA) is 169 Å². The molecule has 10 nitrogen and oxygen atoms in total. The summed E-state index contributed by atoms with van der Waals surface area (Å²) in [6, 6.07) is 5.03. The second-order valence-electron chi connectivity index (χ2n) is 8.50. The molecule has 0 aliphatic heterocycles. The molecule has 0 aromatic heterocycles. The van der Waals surface area contributed by atoms with Gasteiger partial charge in [0.05, 0.1) is 6.61 Å². The van der Waals surface area contributed by atoms with Gasteiger partial charge in [0.2, 0.25) is 11.8 Å². The molecule has 0 aliphatic rings. The Morgan fingerprint density at radius 1 is 1.05 bits per heavy atom. The van der Waals surface area contributed by atoms with E-state index in [2.05, 4.69) is 22.5 Å². The normalized spacial score (nSPS) is 12.7. The molecule has 1 aromatic carbocycles. The van der Waals surface area contributed by atoms with E-state index in [1.165, 1.54) is 24.3 Å². The van der Waals surface area contributed by atoms with Gasteiger partial charge >= 0.3 is 5.97 Å². The summed E-state index contributed by atoms with van der Waals surface area (Å²) in [6.07, 6.45) is 11.2. The van der Waals surface area contributed by atoms with Gasteiger partial charge in [0, 0.05) is 25.1 Å². The number of nitrogens with two attached hydrogens (primary N) is 2. The Morgan fingerprint density at radius 3 is 2.43 bits per heavy atom. The molecule has 1 unspecified atom stereocenters. The van der Waals surface area contributed by atoms with E-state index in [-0.39, 0.29) is 30.6 Å². The lowest BCUT2D eigenvalue weighted by molar-refractivity contribution is -0.137. The number of phenols is 1. The molecule has 10 heteroatoms. The number of allylic oxidation sites excluding steroid dienone is 1. The van der Waals surface area contributed by atoms with Crippen LogP contribution in [-0.4, -0.2) is 54.1 Å². The Labute approximate surface area is 219 Å². The molecule has 37 heavy (non-hydrogen) atoms. The van der Waals surface area contributed by atoms with Crippen LogP contribution >= 0.6 is 0 Å². The zero-order valence-electron chi connectivity index (χ0n) is 21.8. The number of esters is 1. The van der Waals surface area contributed by atoms with E-state index in [0.717, 1.165) is 31.2 Å². The number of benzene rings is 1. The van der Waals surface area contributed by atoms with E-state index in [1.807, 2.05) is 0 Å². The van der Waals surface area contributed by atoms with Gasteiger partial charge in [-0.1, -0.05) is 44.1 Å². The van der Waals surface area contributed by atoms with Crippen LogP contribution in [0.2, 0.25) is 0 Å². The Kier molecular flexibility index (Phi) is 15.6. The molecule has 0 radical (unpaired) electrons. The largest absolute Gasteiger partial charge is 0.508 e. The molecule has 0 bridgehead atoms. The average Bonchev–Trinajstić information content (AvgIpc) is 2.85. The number of nitrogens with zero attached hydrogens (tertiary/aromatic N) is 1. The van der Waals surface area contributed by atoms with E-state index < -0.39 is 24.0 Å². The van der Waals surface area contributed by atoms with Gasteiger partial charge in [-0.3, -0.25) is 14.6 Å². The standard InChI is InChI=1S/C27H41N5O5/c1-3-5-6-7-8-11-24(34)32-23(19-20-12-15-22(33)16-13-20)26(36)31-21(10-9-18-30-27(28)29)14-17-25(35)37-4-2/h8,11-17,21,23,33H,3-7,9-10,18-19H2,1-2H3,(H,31,36)(H,32,34)(H4,28,29,30)/b11-8+,17-14+/t21?,23-/m0/s1. The van der Waals surface area contributed by atoms with E-state index in [4.69, 9.17) is 16.2 Å². The predicted octanol–water partition coefficient (Wildman–Crippen LogP) is 2.21. The van der Waals surface area contributed by atoms with E-state index in [9.17, 15) is 19.5 Å². The molecule has 204 valence electrons. The number of nitrogens with one attached hydrogen (secondary N) is 2. The molecular weight excluding hydrogens is 474 g/mol. The highest BCUT2D eigenvalue weighted by atomic mass is 16.5. The van der Waals surface area contributed by atoms with Gasteiger partial charge < -0.3 is 31.9 Å². The van der Waals surface area contributed by atoms with Crippen LogP contribution in [0.15, 0.2) is 53.6 Å². The number of hydrogen-bond donors (Lipinski definition) is 5. The molecule has 1 rings (SSSR count). The Morgan fingerprint density at radius 2 is 1.78 bits per heavy atom. The monoisotopic (exact) mass is 515 g/mol. The SMILES string of the molecule is CCCCC/C=C/C(=O)N[C@@H](Cc1ccc(O)cc1)C(=O)NC(/C=C/C(=O)OCC)CCCN=C(N)N. The van der Waals surface area contributed by atoms with Crippen molar-refractivity contribution >= 4 is 23.7 Å². The number of guanidine groups is 1. The van der Waals surface area contributed by atoms with Crippen LogP contribution in [0.25, 0.3) is 0 Å². The number of carbonyl (C=O) groups excluding carboxylic acids is 3. The number of aromatic hydroxyl groups is 1. The van der Waals surface area contributed by atoms with Crippen molar-refractivity contribution < 1.29 is 24.2 Å². The van der Waals surface area contributed by atoms with Gasteiger partial charge in [0.25, 0.3) is 0 Å². The summed E-state index contributed by atoms with van der Waals surface area (Å²) in [6.45, 7) is 4.41. The highest BCUT2D eigenvalue weighted by Crippen LogP contribution is 2.12. The molecule has 0 fully saturated rings. The van der Waals surface area contributed by atoms with Gasteiger partial charge in [-0.2, -0.15) is 0 Å². The molecule has 0 saturated heterocycles. The summed E-state index contributed by atoms with van der Waals surface area (Å²) in [5, 5.41) is 15.2. The molecule has 0 spiro atoms. The lowest BCUT2D eigenvalue weighted by Gasteiger charge is -2.22. The van der Waals surface area contributed by atoms with Crippen LogP contribution < -0.4 is 22.1 Å². The van der Waals surface area contributed by atoms with Crippen LogP contribution in [-0.2, 0) is 25.5 Å². The fourth-order valence-corrected chi connectivity index (χ4v) is 3.40. The molecule has 0 saturated carbocycles. The smallest absolute Gasteiger partial charge is 0.330 e. The first-order valence-electron chi connectivity index (χ1n) is 12.7. The molecule has 0 heterocycles. The number of rotatable bonds is 17. The van der Waals surface area contributed by atoms with Gasteiger partial charge in [-0.15, -0.1) is 0 Å².